The van der Waals surface area contributed by atoms with E-state index in [4.69, 9.17) is 9.47 Å². The maximum absolute atomic E-state index is 12.7. The van der Waals surface area contributed by atoms with Gasteiger partial charge in [-0.1, -0.05) is 18.2 Å². The Morgan fingerprint density at radius 1 is 1.10 bits per heavy atom. The lowest BCUT2D eigenvalue weighted by Gasteiger charge is -2.28. The second-order valence-corrected chi connectivity index (χ2v) is 6.22. The van der Waals surface area contributed by atoms with Crippen LogP contribution in [0.2, 0.25) is 0 Å². The molecule has 150 valence electrons. The number of amides is 2. The number of para-hydroxylation sites is 1. The van der Waals surface area contributed by atoms with Crippen molar-refractivity contribution in [1.82, 2.24) is 10.6 Å². The van der Waals surface area contributed by atoms with Crippen molar-refractivity contribution < 1.29 is 24.0 Å². The van der Waals surface area contributed by atoms with E-state index in [-0.39, 0.29) is 24.5 Å². The zero-order chi connectivity index (χ0) is 20.8. The summed E-state index contributed by atoms with van der Waals surface area (Å²) in [6.45, 7) is 1.78. The molecule has 29 heavy (non-hydrogen) atoms. The molecule has 1 aliphatic rings. The van der Waals surface area contributed by atoms with Crippen LogP contribution in [0.1, 0.15) is 18.5 Å². The Kier molecular flexibility index (Phi) is 6.08. The Bertz CT molecular complexity index is 940. The average molecular weight is 397 g/mol. The van der Waals surface area contributed by atoms with Gasteiger partial charge in [-0.05, 0) is 36.8 Å². The van der Waals surface area contributed by atoms with Gasteiger partial charge in [-0.2, -0.15) is 0 Å². The van der Waals surface area contributed by atoms with Crippen molar-refractivity contribution in [2.24, 2.45) is 0 Å². The molecule has 0 spiro atoms. The number of hydrogen-bond acceptors (Lipinski definition) is 6. The molecule has 1 heterocycles. The van der Waals surface area contributed by atoms with Crippen LogP contribution in [0.3, 0.4) is 0 Å². The summed E-state index contributed by atoms with van der Waals surface area (Å²) in [4.78, 5) is 34.9. The van der Waals surface area contributed by atoms with Crippen LogP contribution in [0, 0.1) is 10.1 Å². The number of non-ortho nitro benzene ring substituents is 1. The highest BCUT2D eigenvalue weighted by Gasteiger charge is 2.32. The van der Waals surface area contributed by atoms with Gasteiger partial charge in [0.15, 0.2) is 0 Å². The first-order chi connectivity index (χ1) is 14.0. The largest absolute Gasteiger partial charge is 0.490 e. The van der Waals surface area contributed by atoms with E-state index in [0.29, 0.717) is 17.0 Å². The number of nitro benzene ring substituents is 1. The Balaban J connectivity index is 1.69. The molecule has 3 rings (SSSR count). The quantitative estimate of drug-likeness (QED) is 0.321. The number of ether oxygens (including phenoxy) is 2. The highest BCUT2D eigenvalue weighted by atomic mass is 16.6. The molecule has 0 saturated heterocycles. The number of nitrogens with one attached hydrogen (secondary N) is 2. The van der Waals surface area contributed by atoms with Gasteiger partial charge >= 0.3 is 12.0 Å². The summed E-state index contributed by atoms with van der Waals surface area (Å²) in [7, 11) is 0. The van der Waals surface area contributed by atoms with E-state index in [1.165, 1.54) is 24.3 Å². The van der Waals surface area contributed by atoms with Crippen LogP contribution in [0.15, 0.2) is 65.9 Å². The zero-order valence-corrected chi connectivity index (χ0v) is 15.6. The van der Waals surface area contributed by atoms with Crippen molar-refractivity contribution >= 4 is 17.7 Å². The number of rotatable bonds is 7. The second-order valence-electron chi connectivity index (χ2n) is 6.22. The van der Waals surface area contributed by atoms with Crippen LogP contribution < -0.4 is 15.4 Å². The van der Waals surface area contributed by atoms with Gasteiger partial charge in [-0.15, -0.1) is 0 Å². The summed E-state index contributed by atoms with van der Waals surface area (Å²) < 4.78 is 10.8. The Labute approximate surface area is 166 Å². The van der Waals surface area contributed by atoms with Crippen molar-refractivity contribution in [1.29, 1.82) is 0 Å². The maximum Gasteiger partial charge on any atom is 0.338 e. The van der Waals surface area contributed by atoms with Crippen LogP contribution in [0.5, 0.6) is 5.75 Å². The van der Waals surface area contributed by atoms with Gasteiger partial charge in [0.25, 0.3) is 5.69 Å². The van der Waals surface area contributed by atoms with Gasteiger partial charge < -0.3 is 20.1 Å². The third kappa shape index (κ3) is 4.89. The number of nitrogens with zero attached hydrogens (tertiary/aromatic N) is 1. The van der Waals surface area contributed by atoms with Crippen LogP contribution in [-0.2, 0) is 9.53 Å². The molecule has 0 radical (unpaired) electrons. The lowest BCUT2D eigenvalue weighted by molar-refractivity contribution is -0.384. The predicted octanol–water partition coefficient (Wildman–Crippen LogP) is 2.84. The molecule has 0 fully saturated rings. The fourth-order valence-corrected chi connectivity index (χ4v) is 2.89. The molecular weight excluding hydrogens is 378 g/mol. The van der Waals surface area contributed by atoms with E-state index in [1.807, 2.05) is 18.2 Å². The Morgan fingerprint density at radius 2 is 1.79 bits per heavy atom. The third-order valence-corrected chi connectivity index (χ3v) is 4.25. The summed E-state index contributed by atoms with van der Waals surface area (Å²) in [5, 5.41) is 16.0. The van der Waals surface area contributed by atoms with E-state index < -0.39 is 23.0 Å². The number of nitro groups is 1. The number of carbonyl (C=O) groups is 2. The van der Waals surface area contributed by atoms with Gasteiger partial charge in [0.1, 0.15) is 19.0 Å². The predicted molar refractivity (Wildman–Crippen MR) is 103 cm³/mol. The highest BCUT2D eigenvalue weighted by Crippen LogP contribution is 2.28. The summed E-state index contributed by atoms with van der Waals surface area (Å²) in [6.07, 6.45) is 0. The Hall–Kier alpha value is -3.88. The maximum atomic E-state index is 12.7. The van der Waals surface area contributed by atoms with E-state index >= 15 is 0 Å². The normalized spacial score (nSPS) is 15.9. The molecule has 2 N–H and O–H groups in total. The van der Waals surface area contributed by atoms with Gasteiger partial charge in [-0.3, -0.25) is 10.1 Å². The number of benzene rings is 2. The smallest absolute Gasteiger partial charge is 0.338 e. The number of carbonyl (C=O) groups excluding carboxylic acids is 2. The molecule has 0 bridgehead atoms. The molecule has 0 aliphatic carbocycles. The topological polar surface area (TPSA) is 120 Å². The van der Waals surface area contributed by atoms with Crippen LogP contribution in [0.25, 0.3) is 0 Å². The second kappa shape index (κ2) is 8.87. The van der Waals surface area contributed by atoms with Crippen LogP contribution >= 0.6 is 0 Å². The van der Waals surface area contributed by atoms with E-state index in [2.05, 4.69) is 10.6 Å². The van der Waals surface area contributed by atoms with E-state index in [0.717, 1.165) is 0 Å². The fraction of sp³-hybridized carbons (Fsp3) is 0.200. The van der Waals surface area contributed by atoms with Crippen molar-refractivity contribution in [2.45, 2.75) is 13.0 Å². The first-order valence-corrected chi connectivity index (χ1v) is 8.83. The van der Waals surface area contributed by atoms with Crippen LogP contribution in [-0.4, -0.2) is 30.1 Å². The molecule has 2 aromatic rings. The minimum absolute atomic E-state index is 0.0193. The molecule has 1 atom stereocenters. The van der Waals surface area contributed by atoms with Crippen LogP contribution in [0.4, 0.5) is 10.5 Å². The minimum Gasteiger partial charge on any atom is -0.490 e. The molecule has 0 aromatic heterocycles. The van der Waals surface area contributed by atoms with Crippen molar-refractivity contribution in [2.75, 3.05) is 13.2 Å². The van der Waals surface area contributed by atoms with Gasteiger partial charge in [0.2, 0.25) is 0 Å². The molecule has 2 amide bonds. The van der Waals surface area contributed by atoms with Gasteiger partial charge in [0.05, 0.1) is 16.5 Å². The SMILES string of the molecule is CC1=C(C(=O)OCCOc2ccccc2)[C@@H](c2ccc([N+](=O)[O-])cc2)NC(=O)N1. The minimum atomic E-state index is -0.785. The van der Waals surface area contributed by atoms with Crippen molar-refractivity contribution in [3.05, 3.63) is 81.5 Å². The third-order valence-electron chi connectivity index (χ3n) is 4.25. The van der Waals surface area contributed by atoms with Crippen molar-refractivity contribution in [3.8, 4) is 5.75 Å². The number of allylic oxidation sites excluding steroid dienone is 1. The monoisotopic (exact) mass is 397 g/mol. The van der Waals surface area contributed by atoms with E-state index in [1.54, 1.807) is 19.1 Å². The molecular formula is C20H19N3O6. The standard InChI is InChI=1S/C20H19N3O6/c1-13-17(19(24)29-12-11-28-16-5-3-2-4-6-16)18(22-20(25)21-13)14-7-9-15(10-8-14)23(26)27/h2-10,18H,11-12H2,1H3,(H2,21,22,25)/t18-/m1/s1. The first kappa shape index (κ1) is 19.9. The number of urea groups is 1. The Morgan fingerprint density at radius 3 is 2.45 bits per heavy atom. The zero-order valence-electron chi connectivity index (χ0n) is 15.6. The highest BCUT2D eigenvalue weighted by molar-refractivity contribution is 5.95. The molecule has 0 saturated carbocycles. The van der Waals surface area contributed by atoms with Crippen molar-refractivity contribution in [3.63, 3.8) is 0 Å². The summed E-state index contributed by atoms with van der Waals surface area (Å²) in [5.41, 5.74) is 1.01. The lowest BCUT2D eigenvalue weighted by atomic mass is 9.95. The molecule has 9 heteroatoms. The molecule has 1 aliphatic heterocycles. The fourth-order valence-electron chi connectivity index (χ4n) is 2.89. The summed E-state index contributed by atoms with van der Waals surface area (Å²) in [5.74, 6) is 0.0457. The average Bonchev–Trinajstić information content (AvgIpc) is 2.71. The summed E-state index contributed by atoms with van der Waals surface area (Å²) >= 11 is 0. The van der Waals surface area contributed by atoms with E-state index in [9.17, 15) is 19.7 Å². The molecule has 0 unspecified atom stereocenters. The first-order valence-electron chi connectivity index (χ1n) is 8.83. The lowest BCUT2D eigenvalue weighted by Crippen LogP contribution is -2.45. The summed E-state index contributed by atoms with van der Waals surface area (Å²) in [6, 6.07) is 13.5. The molecule has 9 nitrogen and oxygen atoms in total. The van der Waals surface area contributed by atoms with Gasteiger partial charge in [0, 0.05) is 17.8 Å². The number of hydrogen-bond donors (Lipinski definition) is 2. The molecule has 2 aromatic carbocycles. The number of esters is 1. The van der Waals surface area contributed by atoms with Gasteiger partial charge in [-0.25, -0.2) is 9.59 Å².